The highest BCUT2D eigenvalue weighted by Gasteiger charge is 2.39. The van der Waals surface area contributed by atoms with Crippen molar-refractivity contribution in [3.8, 4) is 22.9 Å². The molecule has 354 valence electrons. The van der Waals surface area contributed by atoms with E-state index in [4.69, 9.17) is 9.47 Å². The molecule has 0 fully saturated rings. The number of ether oxygens (including phenoxy) is 2. The van der Waals surface area contributed by atoms with Crippen LogP contribution in [0.5, 0.6) is 11.5 Å². The number of fused-ring (bicyclic) bond motifs is 2. The summed E-state index contributed by atoms with van der Waals surface area (Å²) < 4.78 is 49.0. The van der Waals surface area contributed by atoms with Gasteiger partial charge in [-0.3, -0.25) is 28.7 Å². The molecule has 0 spiro atoms. The van der Waals surface area contributed by atoms with E-state index in [0.29, 0.717) is 64.9 Å². The Kier molecular flexibility index (Phi) is 12.2. The van der Waals surface area contributed by atoms with Gasteiger partial charge in [0.2, 0.25) is 11.2 Å². The van der Waals surface area contributed by atoms with Gasteiger partial charge >= 0.3 is 0 Å². The lowest BCUT2D eigenvalue weighted by atomic mass is 9.86. The molecular weight excluding hydrogens is 883 g/mol. The van der Waals surface area contributed by atoms with Crippen molar-refractivity contribution in [2.24, 2.45) is 24.1 Å². The van der Waals surface area contributed by atoms with Crippen molar-refractivity contribution in [3.05, 3.63) is 198 Å². The van der Waals surface area contributed by atoms with Gasteiger partial charge in [0, 0.05) is 39.6 Å². The SMILES string of the molecule is COc1cc(/C=c2/c(=O)n3c(n2C)=NCCC3(C)c2ccc(F)cc2)ccc1-n1cnc(C)c1.COc1cc(/C=c2/c(=O)n3c(n2C)=NCCC3(CO)c2ccc(F)cc2)ccc1-n1cnc(C)c1. The van der Waals surface area contributed by atoms with Gasteiger partial charge in [0.25, 0.3) is 11.1 Å². The zero-order chi connectivity index (χ0) is 48.8. The highest BCUT2D eigenvalue weighted by molar-refractivity contribution is 5.59. The predicted molar refractivity (Wildman–Crippen MR) is 256 cm³/mol. The van der Waals surface area contributed by atoms with E-state index in [9.17, 15) is 23.5 Å². The van der Waals surface area contributed by atoms with Crippen LogP contribution in [-0.2, 0) is 25.2 Å². The summed E-state index contributed by atoms with van der Waals surface area (Å²) in [6.07, 6.45) is 12.0. The van der Waals surface area contributed by atoms with Gasteiger partial charge in [0.15, 0.2) is 0 Å². The summed E-state index contributed by atoms with van der Waals surface area (Å²) in [5.41, 5.74) is 5.65. The average molecular weight is 935 g/mol. The van der Waals surface area contributed by atoms with Crippen molar-refractivity contribution in [1.29, 1.82) is 0 Å². The molecule has 6 heterocycles. The first kappa shape index (κ1) is 46.2. The van der Waals surface area contributed by atoms with Crippen molar-refractivity contribution in [2.75, 3.05) is 33.9 Å². The fourth-order valence-electron chi connectivity index (χ4n) is 9.43. The second-order valence-corrected chi connectivity index (χ2v) is 17.5. The van der Waals surface area contributed by atoms with Crippen LogP contribution in [0, 0.1) is 25.5 Å². The molecule has 0 amide bonds. The van der Waals surface area contributed by atoms with Gasteiger partial charge in [-0.2, -0.15) is 0 Å². The molecule has 1 N–H and O–H groups in total. The fraction of sp³-hybridized carbons (Fsp3) is 0.269. The summed E-state index contributed by atoms with van der Waals surface area (Å²) in [4.78, 5) is 45.2. The number of nitrogens with zero attached hydrogens (tertiary/aromatic N) is 10. The Hall–Kier alpha value is -7.92. The van der Waals surface area contributed by atoms with Gasteiger partial charge in [0.1, 0.15) is 39.4 Å². The van der Waals surface area contributed by atoms with Crippen LogP contribution in [0.15, 0.2) is 130 Å². The Labute approximate surface area is 395 Å². The maximum Gasteiger partial charge on any atom is 0.278 e. The van der Waals surface area contributed by atoms with Gasteiger partial charge in [-0.1, -0.05) is 36.4 Å². The summed E-state index contributed by atoms with van der Waals surface area (Å²) in [6.45, 7) is 6.56. The van der Waals surface area contributed by atoms with Gasteiger partial charge in [-0.15, -0.1) is 0 Å². The standard InChI is InChI=1S/C26H26FN5O3.C26H26FN5O2/c1-17-14-31(16-29-17)21-9-4-18(13-23(21)35-3)12-22-24(34)32-25(30(22)2)28-11-10-26(32,15-33)19-5-7-20(27)8-6-19;1-17-15-31(16-29-17)21-10-5-18(14-23(21)34-4)13-22-24(33)32-25(30(22)3)28-12-11-26(32,2)19-6-8-20(27)9-7-19/h4-9,12-14,16,33H,10-11,15H2,1-3H3;5-10,13-16H,11-12H2,1-4H3/b22-12-;22-13-. The summed E-state index contributed by atoms with van der Waals surface area (Å²) in [7, 11) is 6.84. The van der Waals surface area contributed by atoms with E-state index < -0.39 is 11.1 Å². The molecule has 0 radical (unpaired) electrons. The molecule has 0 aliphatic carbocycles. The highest BCUT2D eigenvalue weighted by Crippen LogP contribution is 2.31. The van der Waals surface area contributed by atoms with Crippen LogP contribution in [0.1, 0.15) is 53.4 Å². The number of aromatic nitrogens is 8. The number of halogens is 2. The number of benzene rings is 4. The fourth-order valence-corrected chi connectivity index (χ4v) is 9.43. The molecule has 4 aromatic carbocycles. The van der Waals surface area contributed by atoms with E-state index in [2.05, 4.69) is 20.0 Å². The topological polar surface area (TPSA) is 153 Å². The third-order valence-electron chi connectivity index (χ3n) is 13.2. The molecule has 2 atom stereocenters. The number of hydrogen-bond donors (Lipinski definition) is 1. The van der Waals surface area contributed by atoms with Crippen molar-refractivity contribution in [2.45, 2.75) is 44.7 Å². The molecule has 2 aliphatic heterocycles. The number of imidazole rings is 4. The number of rotatable bonds is 9. The molecule has 8 aromatic rings. The second kappa shape index (κ2) is 18.3. The zero-order valence-electron chi connectivity index (χ0n) is 39.4. The van der Waals surface area contributed by atoms with Crippen LogP contribution < -0.4 is 42.5 Å². The maximum absolute atomic E-state index is 13.7. The molecule has 17 heteroatoms. The van der Waals surface area contributed by atoms with E-state index in [1.807, 2.05) is 96.4 Å². The van der Waals surface area contributed by atoms with E-state index in [0.717, 1.165) is 39.5 Å². The first-order valence-electron chi connectivity index (χ1n) is 22.4. The normalized spacial score (nSPS) is 17.9. The van der Waals surface area contributed by atoms with Gasteiger partial charge in [0.05, 0.1) is 61.8 Å². The van der Waals surface area contributed by atoms with Crippen LogP contribution >= 0.6 is 0 Å². The van der Waals surface area contributed by atoms with E-state index in [-0.39, 0.29) is 29.4 Å². The molecule has 4 aromatic heterocycles. The van der Waals surface area contributed by atoms with Crippen LogP contribution in [-0.4, -0.2) is 76.4 Å². The van der Waals surface area contributed by atoms with Crippen LogP contribution in [0.3, 0.4) is 0 Å². The van der Waals surface area contributed by atoms with E-state index >= 15 is 0 Å². The molecule has 0 saturated carbocycles. The molecule has 2 unspecified atom stereocenters. The van der Waals surface area contributed by atoms with Crippen LogP contribution in [0.2, 0.25) is 0 Å². The Morgan fingerprint density at radius 2 is 1.10 bits per heavy atom. The average Bonchev–Trinajstić information content (AvgIpc) is 4.11. The third kappa shape index (κ3) is 8.21. The van der Waals surface area contributed by atoms with Crippen molar-refractivity contribution >= 4 is 12.2 Å². The van der Waals surface area contributed by atoms with Crippen LogP contribution in [0.25, 0.3) is 23.5 Å². The molecule has 15 nitrogen and oxygen atoms in total. The minimum atomic E-state index is -1.02. The molecule has 0 saturated heterocycles. The summed E-state index contributed by atoms with van der Waals surface area (Å²) in [5, 5.41) is 11.4. The first-order chi connectivity index (χ1) is 33.2. The first-order valence-corrected chi connectivity index (χ1v) is 22.4. The number of aryl methyl sites for hydroxylation is 2. The Morgan fingerprint density at radius 3 is 1.55 bits per heavy atom. The van der Waals surface area contributed by atoms with Gasteiger partial charge in [-0.05, 0) is 117 Å². The number of hydrogen-bond acceptors (Lipinski definition) is 9. The van der Waals surface area contributed by atoms with Gasteiger partial charge < -0.3 is 32.8 Å². The summed E-state index contributed by atoms with van der Waals surface area (Å²) in [5.74, 6) is 0.632. The van der Waals surface area contributed by atoms with E-state index in [1.165, 1.54) is 28.8 Å². The largest absolute Gasteiger partial charge is 0.495 e. The smallest absolute Gasteiger partial charge is 0.278 e. The monoisotopic (exact) mass is 934 g/mol. The zero-order valence-corrected chi connectivity index (χ0v) is 39.4. The minimum absolute atomic E-state index is 0.138. The van der Waals surface area contributed by atoms with Crippen molar-refractivity contribution in [1.82, 2.24) is 37.4 Å². The Morgan fingerprint density at radius 1 is 0.652 bits per heavy atom. The number of aliphatic hydroxyl groups excluding tert-OH is 1. The van der Waals surface area contributed by atoms with Gasteiger partial charge in [-0.25, -0.2) is 18.7 Å². The lowest BCUT2D eigenvalue weighted by Crippen LogP contribution is -2.53. The van der Waals surface area contributed by atoms with Crippen molar-refractivity contribution < 1.29 is 23.4 Å². The Balaban J connectivity index is 0.000000172. The van der Waals surface area contributed by atoms with Crippen LogP contribution in [0.4, 0.5) is 8.78 Å². The molecule has 69 heavy (non-hydrogen) atoms. The number of methoxy groups -OCH3 is 2. The molecule has 2 aliphatic rings. The quantitative estimate of drug-likeness (QED) is 0.231. The molecule has 0 bridgehead atoms. The second-order valence-electron chi connectivity index (χ2n) is 17.5. The Bertz CT molecular complexity index is 3620. The van der Waals surface area contributed by atoms with E-state index in [1.54, 1.807) is 73.4 Å². The minimum Gasteiger partial charge on any atom is -0.495 e. The predicted octanol–water partition coefficient (Wildman–Crippen LogP) is 3.86. The summed E-state index contributed by atoms with van der Waals surface area (Å²) >= 11 is 0. The highest BCUT2D eigenvalue weighted by atomic mass is 19.1. The lowest BCUT2D eigenvalue weighted by Gasteiger charge is -2.35. The summed E-state index contributed by atoms with van der Waals surface area (Å²) in [6, 6.07) is 23.7. The van der Waals surface area contributed by atoms with Crippen molar-refractivity contribution in [3.63, 3.8) is 0 Å². The lowest BCUT2D eigenvalue weighted by molar-refractivity contribution is 0.143. The number of aliphatic hydroxyl groups is 1. The molecule has 10 rings (SSSR count). The maximum atomic E-state index is 13.7. The molecular formula is C52H52F2N10O5. The third-order valence-corrected chi connectivity index (χ3v) is 13.2.